The number of hydrogen-bond donors (Lipinski definition) is 1. The van der Waals surface area contributed by atoms with Gasteiger partial charge in [0.05, 0.1) is 5.92 Å². The Morgan fingerprint density at radius 3 is 2.63 bits per heavy atom. The summed E-state index contributed by atoms with van der Waals surface area (Å²) in [5, 5.41) is 2.97. The number of rotatable bonds is 2. The Balaban J connectivity index is 1.94. The van der Waals surface area contributed by atoms with Crippen LogP contribution in [-0.4, -0.2) is 5.91 Å². The van der Waals surface area contributed by atoms with Gasteiger partial charge in [-0.2, -0.15) is 0 Å². The third kappa shape index (κ3) is 2.26. The van der Waals surface area contributed by atoms with Gasteiger partial charge >= 0.3 is 0 Å². The topological polar surface area (TPSA) is 29.1 Å². The first-order valence-corrected chi connectivity index (χ1v) is 6.60. The van der Waals surface area contributed by atoms with Gasteiger partial charge in [-0.05, 0) is 37.5 Å². The van der Waals surface area contributed by atoms with Crippen LogP contribution >= 0.6 is 0 Å². The van der Waals surface area contributed by atoms with Gasteiger partial charge in [0.2, 0.25) is 5.91 Å². The van der Waals surface area contributed by atoms with Crippen molar-refractivity contribution in [3.8, 4) is 0 Å². The maximum absolute atomic E-state index is 12.1. The summed E-state index contributed by atoms with van der Waals surface area (Å²) in [4.78, 5) is 12.1. The van der Waals surface area contributed by atoms with Gasteiger partial charge in [0, 0.05) is 5.69 Å². The molecule has 0 radical (unpaired) electrons. The number of carbonyl (C=O) groups excluding carboxylic acids is 1. The standard InChI is InChI=1S/C17H17NO/c1-11-4-3-5-13(8-11)10-15-14-9-12(2)6-7-16(14)18-17(15)19/h3-9,15H,10H2,1-2H3,(H,18,19)/t15-/m0/s1. The number of fused-ring (bicyclic) bond motifs is 1. The van der Waals surface area contributed by atoms with E-state index >= 15 is 0 Å². The normalized spacial score (nSPS) is 17.2. The summed E-state index contributed by atoms with van der Waals surface area (Å²) in [6, 6.07) is 14.5. The molecule has 1 heterocycles. The van der Waals surface area contributed by atoms with E-state index in [0.29, 0.717) is 0 Å². The monoisotopic (exact) mass is 251 g/mol. The number of amides is 1. The van der Waals surface area contributed by atoms with E-state index < -0.39 is 0 Å². The minimum absolute atomic E-state index is 0.0586. The van der Waals surface area contributed by atoms with Crippen molar-refractivity contribution >= 4 is 11.6 Å². The fourth-order valence-corrected chi connectivity index (χ4v) is 2.72. The second-order valence-electron chi connectivity index (χ2n) is 5.33. The Hall–Kier alpha value is -2.09. The van der Waals surface area contributed by atoms with Gasteiger partial charge in [-0.3, -0.25) is 4.79 Å². The van der Waals surface area contributed by atoms with E-state index in [2.05, 4.69) is 49.5 Å². The fourth-order valence-electron chi connectivity index (χ4n) is 2.72. The van der Waals surface area contributed by atoms with Crippen molar-refractivity contribution < 1.29 is 4.79 Å². The van der Waals surface area contributed by atoms with Crippen LogP contribution < -0.4 is 5.32 Å². The van der Waals surface area contributed by atoms with Crippen LogP contribution in [0, 0.1) is 13.8 Å². The average molecular weight is 251 g/mol. The Kier molecular flexibility index (Phi) is 2.86. The molecule has 96 valence electrons. The molecular weight excluding hydrogens is 234 g/mol. The zero-order chi connectivity index (χ0) is 13.4. The molecule has 2 aromatic carbocycles. The lowest BCUT2D eigenvalue weighted by atomic mass is 9.92. The summed E-state index contributed by atoms with van der Waals surface area (Å²) in [5.74, 6) is 0.0545. The van der Waals surface area contributed by atoms with Crippen molar-refractivity contribution in [1.82, 2.24) is 0 Å². The maximum Gasteiger partial charge on any atom is 0.232 e. The van der Waals surface area contributed by atoms with Crippen LogP contribution in [0.25, 0.3) is 0 Å². The van der Waals surface area contributed by atoms with Crippen LogP contribution in [0.5, 0.6) is 0 Å². The maximum atomic E-state index is 12.1. The summed E-state index contributed by atoms with van der Waals surface area (Å²) in [6.07, 6.45) is 0.768. The molecular formula is C17H17NO. The van der Waals surface area contributed by atoms with E-state index in [0.717, 1.165) is 17.7 Å². The van der Waals surface area contributed by atoms with E-state index in [1.165, 1.54) is 16.7 Å². The highest BCUT2D eigenvalue weighted by molar-refractivity contribution is 6.03. The molecule has 2 nitrogen and oxygen atoms in total. The van der Waals surface area contributed by atoms with Crippen molar-refractivity contribution in [1.29, 1.82) is 0 Å². The molecule has 0 unspecified atom stereocenters. The second-order valence-corrected chi connectivity index (χ2v) is 5.33. The molecule has 1 aliphatic heterocycles. The summed E-state index contributed by atoms with van der Waals surface area (Å²) in [6.45, 7) is 4.14. The molecule has 0 fully saturated rings. The lowest BCUT2D eigenvalue weighted by Crippen LogP contribution is -2.14. The quantitative estimate of drug-likeness (QED) is 0.868. The zero-order valence-electron chi connectivity index (χ0n) is 11.2. The molecule has 2 aromatic rings. The lowest BCUT2D eigenvalue weighted by Gasteiger charge is -2.10. The van der Waals surface area contributed by atoms with E-state index in [-0.39, 0.29) is 11.8 Å². The van der Waals surface area contributed by atoms with Crippen molar-refractivity contribution in [2.45, 2.75) is 26.2 Å². The molecule has 3 rings (SSSR count). The predicted octanol–water partition coefficient (Wildman–Crippen LogP) is 3.58. The summed E-state index contributed by atoms with van der Waals surface area (Å²) >= 11 is 0. The predicted molar refractivity (Wildman–Crippen MR) is 77.4 cm³/mol. The number of hydrogen-bond acceptors (Lipinski definition) is 1. The van der Waals surface area contributed by atoms with Crippen LogP contribution in [-0.2, 0) is 11.2 Å². The summed E-state index contributed by atoms with van der Waals surface area (Å²) < 4.78 is 0. The minimum Gasteiger partial charge on any atom is -0.325 e. The molecule has 0 bridgehead atoms. The van der Waals surface area contributed by atoms with E-state index in [1.54, 1.807) is 0 Å². The highest BCUT2D eigenvalue weighted by Gasteiger charge is 2.30. The largest absolute Gasteiger partial charge is 0.325 e. The molecule has 0 aromatic heterocycles. The zero-order valence-corrected chi connectivity index (χ0v) is 11.2. The number of aryl methyl sites for hydroxylation is 2. The molecule has 0 spiro atoms. The molecule has 19 heavy (non-hydrogen) atoms. The van der Waals surface area contributed by atoms with Crippen LogP contribution in [0.4, 0.5) is 5.69 Å². The first-order valence-electron chi connectivity index (χ1n) is 6.60. The van der Waals surface area contributed by atoms with Crippen LogP contribution in [0.1, 0.15) is 28.2 Å². The molecule has 0 saturated heterocycles. The first kappa shape index (κ1) is 12.0. The van der Waals surface area contributed by atoms with Gasteiger partial charge in [-0.15, -0.1) is 0 Å². The van der Waals surface area contributed by atoms with Gasteiger partial charge < -0.3 is 5.32 Å². The smallest absolute Gasteiger partial charge is 0.232 e. The second kappa shape index (κ2) is 4.54. The Bertz CT molecular complexity index is 645. The fraction of sp³-hybridized carbons (Fsp3) is 0.235. The van der Waals surface area contributed by atoms with Gasteiger partial charge in [-0.25, -0.2) is 0 Å². The summed E-state index contributed by atoms with van der Waals surface area (Å²) in [7, 11) is 0. The Labute approximate surface area is 113 Å². The van der Waals surface area contributed by atoms with E-state index in [9.17, 15) is 4.79 Å². The molecule has 1 aliphatic rings. The Morgan fingerprint density at radius 2 is 1.84 bits per heavy atom. The van der Waals surface area contributed by atoms with Crippen LogP contribution in [0.15, 0.2) is 42.5 Å². The molecule has 0 saturated carbocycles. The number of carbonyl (C=O) groups is 1. The molecule has 1 amide bonds. The van der Waals surface area contributed by atoms with Gasteiger partial charge in [-0.1, -0.05) is 47.5 Å². The number of nitrogens with one attached hydrogen (secondary N) is 1. The highest BCUT2D eigenvalue weighted by atomic mass is 16.2. The number of anilines is 1. The highest BCUT2D eigenvalue weighted by Crippen LogP contribution is 2.35. The van der Waals surface area contributed by atoms with Crippen molar-refractivity contribution in [2.24, 2.45) is 0 Å². The lowest BCUT2D eigenvalue weighted by molar-refractivity contribution is -0.117. The minimum atomic E-state index is -0.0586. The van der Waals surface area contributed by atoms with Crippen molar-refractivity contribution in [3.05, 3.63) is 64.7 Å². The van der Waals surface area contributed by atoms with Gasteiger partial charge in [0.15, 0.2) is 0 Å². The van der Waals surface area contributed by atoms with Gasteiger partial charge in [0.25, 0.3) is 0 Å². The third-order valence-corrected chi connectivity index (χ3v) is 3.68. The molecule has 1 atom stereocenters. The average Bonchev–Trinajstić information content (AvgIpc) is 2.66. The van der Waals surface area contributed by atoms with Gasteiger partial charge in [0.1, 0.15) is 0 Å². The Morgan fingerprint density at radius 1 is 1.05 bits per heavy atom. The van der Waals surface area contributed by atoms with E-state index in [4.69, 9.17) is 0 Å². The van der Waals surface area contributed by atoms with Crippen LogP contribution in [0.2, 0.25) is 0 Å². The van der Waals surface area contributed by atoms with E-state index in [1.807, 2.05) is 12.1 Å². The van der Waals surface area contributed by atoms with Crippen LogP contribution in [0.3, 0.4) is 0 Å². The number of benzene rings is 2. The van der Waals surface area contributed by atoms with Crippen molar-refractivity contribution in [3.63, 3.8) is 0 Å². The third-order valence-electron chi connectivity index (χ3n) is 3.68. The molecule has 2 heteroatoms. The summed E-state index contributed by atoms with van der Waals surface area (Å²) in [5.41, 5.74) is 5.75. The van der Waals surface area contributed by atoms with Crippen molar-refractivity contribution in [2.75, 3.05) is 5.32 Å². The first-order chi connectivity index (χ1) is 9.13. The molecule has 1 N–H and O–H groups in total. The SMILES string of the molecule is Cc1cccc(C[C@@H]2C(=O)Nc3ccc(C)cc32)c1. The molecule has 0 aliphatic carbocycles.